The number of rotatable bonds is 5. The van der Waals surface area contributed by atoms with Gasteiger partial charge in [-0.05, 0) is 48.9 Å². The summed E-state index contributed by atoms with van der Waals surface area (Å²) in [5.74, 6) is -3.33. The normalized spacial score (nSPS) is 21.1. The number of hydrogen-bond donors (Lipinski definition) is 2. The summed E-state index contributed by atoms with van der Waals surface area (Å²) in [5, 5.41) is 11.2. The predicted molar refractivity (Wildman–Crippen MR) is 120 cm³/mol. The lowest BCUT2D eigenvalue weighted by atomic mass is 9.94. The molecule has 4 rings (SSSR count). The first-order valence-electron chi connectivity index (χ1n) is 11.2. The van der Waals surface area contributed by atoms with Crippen LogP contribution < -0.4 is 5.32 Å². The van der Waals surface area contributed by atoms with Crippen molar-refractivity contribution in [3.8, 4) is 11.1 Å². The SMILES string of the molecule is CC1(C(=O)O)CCCN1C(=O)C(C)(NC(=O)OCC1c2ccccc2-c2ccccc21)C(F)(F)F. The summed E-state index contributed by atoms with van der Waals surface area (Å²) in [6.07, 6.45) is -6.38. The third kappa shape index (κ3) is 4.00. The second kappa shape index (κ2) is 8.58. The Morgan fingerprint density at radius 1 is 1.09 bits per heavy atom. The highest BCUT2D eigenvalue weighted by molar-refractivity contribution is 5.95. The first-order chi connectivity index (χ1) is 16.4. The fraction of sp³-hybridized carbons (Fsp3) is 0.400. The van der Waals surface area contributed by atoms with Gasteiger partial charge < -0.3 is 14.7 Å². The van der Waals surface area contributed by atoms with E-state index < -0.39 is 35.2 Å². The molecule has 2 aromatic carbocycles. The molecule has 2 aromatic rings. The first-order valence-corrected chi connectivity index (χ1v) is 11.2. The van der Waals surface area contributed by atoms with Gasteiger partial charge in [-0.3, -0.25) is 10.1 Å². The summed E-state index contributed by atoms with van der Waals surface area (Å²) in [4.78, 5) is 38.0. The van der Waals surface area contributed by atoms with Gasteiger partial charge in [-0.15, -0.1) is 0 Å². The van der Waals surface area contributed by atoms with Gasteiger partial charge in [-0.1, -0.05) is 48.5 Å². The van der Waals surface area contributed by atoms with Crippen LogP contribution in [0, 0.1) is 0 Å². The van der Waals surface area contributed by atoms with E-state index in [1.165, 1.54) is 6.92 Å². The molecular formula is C25H25F3N2O5. The summed E-state index contributed by atoms with van der Waals surface area (Å²) < 4.78 is 47.5. The van der Waals surface area contributed by atoms with Gasteiger partial charge in [0.1, 0.15) is 12.1 Å². The Labute approximate surface area is 199 Å². The zero-order valence-corrected chi connectivity index (χ0v) is 19.2. The van der Waals surface area contributed by atoms with Crippen LogP contribution in [0.1, 0.15) is 43.7 Å². The molecule has 1 aliphatic heterocycles. The lowest BCUT2D eigenvalue weighted by molar-refractivity contribution is -0.203. The predicted octanol–water partition coefficient (Wildman–Crippen LogP) is 4.31. The maximum atomic E-state index is 14.1. The van der Waals surface area contributed by atoms with Crippen molar-refractivity contribution in [3.05, 3.63) is 59.7 Å². The highest BCUT2D eigenvalue weighted by atomic mass is 19.4. The standard InChI is InChI=1S/C25H25F3N2O5/c1-23(21(32)33)12-7-13-30(23)20(31)24(2,25(26,27)28)29-22(34)35-14-19-17-10-5-3-8-15(17)16-9-4-6-11-18(16)19/h3-6,8-11,19H,7,12-14H2,1-2H3,(H,29,34)(H,32,33). The van der Waals surface area contributed by atoms with Crippen molar-refractivity contribution in [1.82, 2.24) is 10.2 Å². The molecule has 0 spiro atoms. The number of alkyl carbamates (subject to hydrolysis) is 1. The highest BCUT2D eigenvalue weighted by Crippen LogP contribution is 2.44. The molecule has 0 bridgehead atoms. The minimum absolute atomic E-state index is 0.00690. The number of nitrogens with zero attached hydrogens (tertiary/aromatic N) is 1. The third-order valence-corrected chi connectivity index (χ3v) is 7.04. The molecule has 2 atom stereocenters. The summed E-state index contributed by atoms with van der Waals surface area (Å²) in [6, 6.07) is 15.0. The van der Waals surface area contributed by atoms with Crippen molar-refractivity contribution in [3.63, 3.8) is 0 Å². The number of carboxylic acids is 1. The Balaban J connectivity index is 1.54. The Morgan fingerprint density at radius 3 is 2.14 bits per heavy atom. The first kappa shape index (κ1) is 24.6. The van der Waals surface area contributed by atoms with Crippen molar-refractivity contribution in [1.29, 1.82) is 0 Å². The van der Waals surface area contributed by atoms with E-state index >= 15 is 0 Å². The van der Waals surface area contributed by atoms with E-state index in [0.29, 0.717) is 11.8 Å². The van der Waals surface area contributed by atoms with Crippen LogP contribution in [0.25, 0.3) is 11.1 Å². The van der Waals surface area contributed by atoms with Crippen LogP contribution >= 0.6 is 0 Å². The summed E-state index contributed by atoms with van der Waals surface area (Å²) in [5.41, 5.74) is -1.50. The Bertz CT molecular complexity index is 1140. The Kier molecular flexibility index (Phi) is 6.02. The number of hydrogen-bond acceptors (Lipinski definition) is 4. The molecule has 2 N–H and O–H groups in total. The number of likely N-dealkylation sites (tertiary alicyclic amines) is 1. The average Bonchev–Trinajstić information content (AvgIpc) is 3.35. The number of carbonyl (C=O) groups is 3. The fourth-order valence-electron chi connectivity index (χ4n) is 4.87. The molecule has 0 aromatic heterocycles. The number of aliphatic carboxylic acids is 1. The van der Waals surface area contributed by atoms with Crippen LogP contribution in [0.4, 0.5) is 18.0 Å². The van der Waals surface area contributed by atoms with Gasteiger partial charge in [-0.25, -0.2) is 9.59 Å². The van der Waals surface area contributed by atoms with E-state index in [0.717, 1.165) is 22.3 Å². The number of ether oxygens (including phenoxy) is 1. The quantitative estimate of drug-likeness (QED) is 0.651. The minimum Gasteiger partial charge on any atom is -0.480 e. The van der Waals surface area contributed by atoms with E-state index in [1.807, 2.05) is 48.5 Å². The van der Waals surface area contributed by atoms with E-state index in [4.69, 9.17) is 4.74 Å². The van der Waals surface area contributed by atoms with Crippen LogP contribution in [0.2, 0.25) is 0 Å². The van der Waals surface area contributed by atoms with E-state index in [9.17, 15) is 32.7 Å². The highest BCUT2D eigenvalue weighted by Gasteiger charge is 2.62. The van der Waals surface area contributed by atoms with Crippen LogP contribution in [-0.2, 0) is 14.3 Å². The number of benzene rings is 2. The molecule has 35 heavy (non-hydrogen) atoms. The van der Waals surface area contributed by atoms with Crippen LogP contribution in [0.15, 0.2) is 48.5 Å². The molecule has 186 valence electrons. The summed E-state index contributed by atoms with van der Waals surface area (Å²) in [7, 11) is 0. The number of fused-ring (bicyclic) bond motifs is 3. The molecule has 10 heteroatoms. The molecular weight excluding hydrogens is 465 g/mol. The van der Waals surface area contributed by atoms with Crippen molar-refractivity contribution in [2.75, 3.05) is 13.2 Å². The van der Waals surface area contributed by atoms with Gasteiger partial charge >= 0.3 is 18.2 Å². The number of carboxylic acid groups (broad SMARTS) is 1. The summed E-state index contributed by atoms with van der Waals surface area (Å²) in [6.45, 7) is 1.32. The monoisotopic (exact) mass is 490 g/mol. The number of nitrogens with one attached hydrogen (secondary N) is 1. The second-order valence-electron chi connectivity index (χ2n) is 9.21. The van der Waals surface area contributed by atoms with Crippen molar-refractivity contribution < 1.29 is 37.4 Å². The molecule has 7 nitrogen and oxygen atoms in total. The average molecular weight is 490 g/mol. The van der Waals surface area contributed by atoms with E-state index in [1.54, 1.807) is 5.32 Å². The van der Waals surface area contributed by atoms with E-state index in [2.05, 4.69) is 0 Å². The molecule has 0 saturated carbocycles. The smallest absolute Gasteiger partial charge is 0.420 e. The lowest BCUT2D eigenvalue weighted by Gasteiger charge is -2.39. The molecule has 1 saturated heterocycles. The molecule has 1 aliphatic carbocycles. The minimum atomic E-state index is -5.20. The number of amides is 2. The van der Waals surface area contributed by atoms with E-state index in [-0.39, 0.29) is 31.9 Å². The Hall–Kier alpha value is -3.56. The van der Waals surface area contributed by atoms with Gasteiger partial charge in [0.05, 0.1) is 0 Å². The van der Waals surface area contributed by atoms with Crippen molar-refractivity contribution >= 4 is 18.0 Å². The largest absolute Gasteiger partial charge is 0.480 e. The van der Waals surface area contributed by atoms with Gasteiger partial charge in [0.2, 0.25) is 5.54 Å². The molecule has 0 radical (unpaired) electrons. The van der Waals surface area contributed by atoms with Crippen molar-refractivity contribution in [2.24, 2.45) is 0 Å². The van der Waals surface area contributed by atoms with Crippen LogP contribution in [0.3, 0.4) is 0 Å². The summed E-state index contributed by atoms with van der Waals surface area (Å²) >= 11 is 0. The Morgan fingerprint density at radius 2 is 1.63 bits per heavy atom. The van der Waals surface area contributed by atoms with Crippen molar-refractivity contribution in [2.45, 2.75) is 49.9 Å². The van der Waals surface area contributed by atoms with Gasteiger partial charge in [0, 0.05) is 12.5 Å². The third-order valence-electron chi connectivity index (χ3n) is 7.04. The van der Waals surface area contributed by atoms with Crippen LogP contribution in [0.5, 0.6) is 0 Å². The molecule has 1 fully saturated rings. The number of alkyl halides is 3. The second-order valence-corrected chi connectivity index (χ2v) is 9.21. The lowest BCUT2D eigenvalue weighted by Crippen LogP contribution is -2.68. The molecule has 1 heterocycles. The maximum Gasteiger partial charge on any atom is 0.420 e. The van der Waals surface area contributed by atoms with Gasteiger partial charge in [0.15, 0.2) is 0 Å². The molecule has 2 amide bonds. The fourth-order valence-corrected chi connectivity index (χ4v) is 4.87. The molecule has 2 unspecified atom stereocenters. The maximum absolute atomic E-state index is 14.1. The number of halogens is 3. The zero-order chi connectivity index (χ0) is 25.6. The molecule has 2 aliphatic rings. The van der Waals surface area contributed by atoms with Gasteiger partial charge in [0.25, 0.3) is 5.91 Å². The zero-order valence-electron chi connectivity index (χ0n) is 19.2. The topological polar surface area (TPSA) is 95.9 Å². The van der Waals surface area contributed by atoms with Crippen LogP contribution in [-0.4, -0.2) is 58.4 Å². The number of carbonyl (C=O) groups excluding carboxylic acids is 2. The van der Waals surface area contributed by atoms with Gasteiger partial charge in [-0.2, -0.15) is 13.2 Å².